The molecule has 4 aromatic carbocycles. The van der Waals surface area contributed by atoms with Crippen LogP contribution in [0.3, 0.4) is 0 Å². The van der Waals surface area contributed by atoms with E-state index in [0.29, 0.717) is 71.9 Å². The van der Waals surface area contributed by atoms with Crippen molar-refractivity contribution >= 4 is 96.8 Å². The Morgan fingerprint density at radius 2 is 1.16 bits per heavy atom. The molecule has 1 N–H and O–H groups in total. The molecule has 7 rings (SSSR count). The predicted octanol–water partition coefficient (Wildman–Crippen LogP) is -5.53. The van der Waals surface area contributed by atoms with E-state index in [0.717, 1.165) is 29.2 Å². The average molecular weight is 1110 g/mol. The standard InChI is InChI=1S/C44H46N4O15S4.3K/c1-43(2)36(46(5)32-15-13-28-30(41(32)43)22-26(64(52,53)54)24-34(28)66(58,59)60)10-9-11-37-44(3,4)42-31-23-27(65(55,56)57)25-35(67(61,62)63)29(31)14-16-33(42)47(37)20-8-6-7-12-38(49)45-19-21-48-39(50)17-18-40(48)51;;;/h9-11,13-18,22-25H,6-8,12,19-21H2,1-5H3,(H4-,45,49,52,53,54,55,56,57,58,59,60,61,62,63);;;/q;3*+1/p-3. The average Bonchev–Trinajstić information content (AvgIpc) is 3.73. The topological polar surface area (TPSA) is 302 Å². The van der Waals surface area contributed by atoms with Gasteiger partial charge in [-0.3, -0.25) is 19.3 Å². The fourth-order valence-corrected chi connectivity index (χ4v) is 12.0. The fraction of sp³-hybridized carbons (Fsp3) is 0.318. The number of nitrogens with one attached hydrogen (secondary N) is 1. The maximum absolute atomic E-state index is 12.6. The first kappa shape index (κ1) is 61.8. The molecule has 4 aromatic rings. The van der Waals surface area contributed by atoms with Crippen LogP contribution >= 0.6 is 0 Å². The van der Waals surface area contributed by atoms with Gasteiger partial charge in [-0.15, -0.1) is 0 Å². The molecule has 0 saturated carbocycles. The number of rotatable bonds is 15. The Bertz CT molecular complexity index is 3450. The molecule has 0 aliphatic carbocycles. The Morgan fingerprint density at radius 3 is 1.67 bits per heavy atom. The minimum Gasteiger partial charge on any atom is -0.744 e. The second kappa shape index (κ2) is 22.8. The molecule has 0 aromatic heterocycles. The maximum Gasteiger partial charge on any atom is 1.00 e. The first-order valence-electron chi connectivity index (χ1n) is 20.6. The zero-order valence-corrected chi connectivity index (χ0v) is 52.2. The Hall–Kier alpha value is -0.751. The van der Waals surface area contributed by atoms with E-state index in [1.807, 2.05) is 4.90 Å². The molecule has 3 amide bonds. The van der Waals surface area contributed by atoms with Crippen molar-refractivity contribution in [3.8, 4) is 0 Å². The number of anilines is 1. The third-order valence-electron chi connectivity index (χ3n) is 12.4. The van der Waals surface area contributed by atoms with Crippen molar-refractivity contribution in [2.75, 3.05) is 31.6 Å². The molecule has 0 atom stereocenters. The van der Waals surface area contributed by atoms with E-state index in [4.69, 9.17) is 0 Å². The first-order chi connectivity index (χ1) is 31.0. The molecular weight excluding hydrogens is 1070 g/mol. The Morgan fingerprint density at radius 1 is 0.643 bits per heavy atom. The molecule has 26 heteroatoms. The Labute approximate surface area is 533 Å². The number of hydrogen-bond acceptors (Lipinski definition) is 16. The minimum absolute atomic E-state index is 0. The second-order valence-electron chi connectivity index (χ2n) is 17.3. The smallest absolute Gasteiger partial charge is 0.744 e. The largest absolute Gasteiger partial charge is 1.00 e. The summed E-state index contributed by atoms with van der Waals surface area (Å²) in [6, 6.07) is 9.12. The summed E-state index contributed by atoms with van der Waals surface area (Å²) < 4.78 is 150. The second-order valence-corrected chi connectivity index (χ2v) is 22.8. The third kappa shape index (κ3) is 12.4. The fourth-order valence-electron chi connectivity index (χ4n) is 9.39. The van der Waals surface area contributed by atoms with Crippen molar-refractivity contribution in [1.82, 2.24) is 10.2 Å². The number of nitrogens with zero attached hydrogens (tertiary/aromatic N) is 3. The molecule has 0 unspecified atom stereocenters. The van der Waals surface area contributed by atoms with Gasteiger partial charge in [0.05, 0.1) is 25.0 Å². The molecule has 3 heterocycles. The van der Waals surface area contributed by atoms with Crippen LogP contribution in [0.25, 0.3) is 21.5 Å². The van der Waals surface area contributed by atoms with Gasteiger partial charge in [-0.05, 0) is 90.9 Å². The van der Waals surface area contributed by atoms with Crippen LogP contribution in [0, 0.1) is 0 Å². The van der Waals surface area contributed by atoms with Gasteiger partial charge in [-0.25, -0.2) is 33.7 Å². The van der Waals surface area contributed by atoms with Gasteiger partial charge >= 0.3 is 154 Å². The van der Waals surface area contributed by atoms with Crippen molar-refractivity contribution in [3.05, 3.63) is 95.7 Å². The van der Waals surface area contributed by atoms with E-state index in [-0.39, 0.29) is 201 Å². The van der Waals surface area contributed by atoms with E-state index in [2.05, 4.69) is 5.32 Å². The Kier molecular flexibility index (Phi) is 20.2. The Balaban J connectivity index is 0.00000355. The summed E-state index contributed by atoms with van der Waals surface area (Å²) in [7, 11) is -19.3. The van der Waals surface area contributed by atoms with Gasteiger partial charge in [0.15, 0.2) is 5.71 Å². The number of carbonyl (C=O) groups excluding carboxylic acids is 3. The number of amides is 3. The molecule has 0 saturated heterocycles. The van der Waals surface area contributed by atoms with Crippen LogP contribution in [0.2, 0.25) is 0 Å². The molecule has 0 fully saturated rings. The summed E-state index contributed by atoms with van der Waals surface area (Å²) >= 11 is 0. The maximum atomic E-state index is 12.6. The predicted molar refractivity (Wildman–Crippen MR) is 239 cm³/mol. The van der Waals surface area contributed by atoms with Gasteiger partial charge in [0.25, 0.3) is 11.8 Å². The van der Waals surface area contributed by atoms with E-state index < -0.39 is 82.7 Å². The summed E-state index contributed by atoms with van der Waals surface area (Å²) in [6.07, 6.45) is 9.16. The van der Waals surface area contributed by atoms with Crippen LogP contribution in [0.1, 0.15) is 64.5 Å². The number of carbonyl (C=O) groups is 3. The zero-order chi connectivity index (χ0) is 49.4. The van der Waals surface area contributed by atoms with Crippen LogP contribution in [0.5, 0.6) is 0 Å². The first-order valence-corrected chi connectivity index (χ1v) is 26.2. The van der Waals surface area contributed by atoms with Crippen LogP contribution in [-0.2, 0) is 65.7 Å². The summed E-state index contributed by atoms with van der Waals surface area (Å²) in [5, 5.41) is 2.64. The van der Waals surface area contributed by atoms with Gasteiger partial charge in [0.2, 0.25) is 11.6 Å². The summed E-state index contributed by atoms with van der Waals surface area (Å²) in [6.45, 7) is 7.57. The van der Waals surface area contributed by atoms with Crippen molar-refractivity contribution in [2.45, 2.75) is 83.8 Å². The number of benzene rings is 4. The van der Waals surface area contributed by atoms with Gasteiger partial charge in [-0.2, -0.15) is 4.58 Å². The van der Waals surface area contributed by atoms with Gasteiger partial charge in [0, 0.05) is 78.1 Å². The molecule has 19 nitrogen and oxygen atoms in total. The van der Waals surface area contributed by atoms with Gasteiger partial charge in [0.1, 0.15) is 47.5 Å². The van der Waals surface area contributed by atoms with E-state index in [1.54, 1.807) is 69.7 Å². The quantitative estimate of drug-likeness (QED) is 0.0382. The summed E-state index contributed by atoms with van der Waals surface area (Å²) in [5.74, 6) is -1.21. The van der Waals surface area contributed by atoms with Gasteiger partial charge < -0.3 is 28.4 Å². The molecule has 3 aliphatic heterocycles. The van der Waals surface area contributed by atoms with Crippen molar-refractivity contribution in [2.24, 2.45) is 0 Å². The molecule has 0 spiro atoms. The van der Waals surface area contributed by atoms with E-state index >= 15 is 0 Å². The molecule has 3 aliphatic rings. The number of allylic oxidation sites excluding steroid dienone is 4. The number of unbranched alkanes of at least 4 members (excludes halogenated alkanes) is 2. The molecule has 70 heavy (non-hydrogen) atoms. The molecule has 0 radical (unpaired) electrons. The monoisotopic (exact) mass is 1110 g/mol. The molecule has 0 bridgehead atoms. The SMILES string of the molecule is C[N+]1=C(/C=C/C=C2/N(CCCCCC(=O)NCCN3C(=O)C=CC3=O)c3ccc4c(S(=O)(=O)[O-])cc(S(=O)(=O)[O-])cc4c3C2(C)C)C(C)(C)c2c1ccc1c(S(=O)(=O)[O-])cc(S(=O)(=O)[O-])cc21.[K+].[K+].[K+]. The number of hydrogen-bond donors (Lipinski definition) is 1. The number of imide groups is 1. The summed E-state index contributed by atoms with van der Waals surface area (Å²) in [5.41, 5.74) is 1.05. The number of fused-ring (bicyclic) bond motifs is 6. The van der Waals surface area contributed by atoms with Crippen molar-refractivity contribution in [1.29, 1.82) is 0 Å². The van der Waals surface area contributed by atoms with E-state index in [1.165, 1.54) is 12.1 Å². The van der Waals surface area contributed by atoms with Gasteiger partial charge in [-0.1, -0.05) is 32.4 Å². The zero-order valence-electron chi connectivity index (χ0n) is 39.6. The molecular formula is C44H43K3N4O15S4. The van der Waals surface area contributed by atoms with Crippen LogP contribution in [-0.4, -0.2) is 111 Å². The minimum atomic E-state index is -5.29. The van der Waals surface area contributed by atoms with Crippen LogP contribution < -0.4 is 164 Å². The van der Waals surface area contributed by atoms with Crippen LogP contribution in [0.4, 0.5) is 11.4 Å². The third-order valence-corrected chi connectivity index (χ3v) is 15.8. The van der Waals surface area contributed by atoms with Crippen LogP contribution in [0.15, 0.2) is 104 Å². The van der Waals surface area contributed by atoms with E-state index in [9.17, 15) is 66.3 Å². The normalized spacial score (nSPS) is 17.0. The molecule has 356 valence electrons. The van der Waals surface area contributed by atoms with Crippen molar-refractivity contribution in [3.63, 3.8) is 0 Å². The van der Waals surface area contributed by atoms with Crippen molar-refractivity contribution < 1.29 is 225 Å². The summed E-state index contributed by atoms with van der Waals surface area (Å²) in [4.78, 5) is 35.6.